The van der Waals surface area contributed by atoms with Crippen LogP contribution in [-0.4, -0.2) is 0 Å². The molecule has 1 unspecified atom stereocenters. The molecule has 0 saturated heterocycles. The molecule has 1 saturated carbocycles. The molecule has 1 atom stereocenters. The zero-order valence-corrected chi connectivity index (χ0v) is 10.9. The summed E-state index contributed by atoms with van der Waals surface area (Å²) >= 11 is 0. The number of hydrogen-bond acceptors (Lipinski definition) is 0. The van der Waals surface area contributed by atoms with E-state index >= 15 is 0 Å². The van der Waals surface area contributed by atoms with E-state index in [1.165, 1.54) is 19.3 Å². The van der Waals surface area contributed by atoms with Crippen LogP contribution in [0.1, 0.15) is 40.0 Å². The van der Waals surface area contributed by atoms with E-state index in [2.05, 4.69) is 20.8 Å². The van der Waals surface area contributed by atoms with Gasteiger partial charge in [0.1, 0.15) is 0 Å². The van der Waals surface area contributed by atoms with E-state index in [9.17, 15) is 0 Å². The van der Waals surface area contributed by atoms with E-state index in [4.69, 9.17) is 0 Å². The Labute approximate surface area is 85.0 Å². The molecule has 2 bridgehead atoms. The third kappa shape index (κ3) is 1.16. The van der Waals surface area contributed by atoms with Gasteiger partial charge in [0.2, 0.25) is 0 Å². The van der Waals surface area contributed by atoms with Crippen LogP contribution < -0.4 is 0 Å². The third-order valence-corrected chi connectivity index (χ3v) is 3.63. The van der Waals surface area contributed by atoms with Crippen LogP contribution in [0.3, 0.4) is 0 Å². The maximum Gasteiger partial charge on any atom is 0 e. The quantitative estimate of drug-likeness (QED) is 0.602. The number of allylic oxidation sites excluding steroid dienone is 2. The fourth-order valence-corrected chi connectivity index (χ4v) is 2.61. The molecule has 3 rings (SSSR count). The second-order valence-electron chi connectivity index (χ2n) is 4.42. The minimum atomic E-state index is 0. The van der Waals surface area contributed by atoms with Crippen LogP contribution in [0, 0.1) is 11.3 Å². The molecule has 0 aromatic rings. The van der Waals surface area contributed by atoms with Crippen LogP contribution in [0.15, 0.2) is 11.1 Å². The minimum absolute atomic E-state index is 0. The second kappa shape index (κ2) is 2.76. The molecule has 0 aromatic heterocycles. The Morgan fingerprint density at radius 2 is 2.00 bits per heavy atom. The first-order valence-corrected chi connectivity index (χ1v) is 4.31. The van der Waals surface area contributed by atoms with E-state index in [-0.39, 0.29) is 22.4 Å². The fourth-order valence-electron chi connectivity index (χ4n) is 2.61. The van der Waals surface area contributed by atoms with Crippen LogP contribution in [0.25, 0.3) is 0 Å². The zero-order chi connectivity index (χ0) is 7.35. The smallest absolute Gasteiger partial charge is 0 e. The summed E-state index contributed by atoms with van der Waals surface area (Å²) in [5, 5.41) is 0. The average Bonchev–Trinajstić information content (AvgIpc) is 1.87. The molecule has 1 fully saturated rings. The van der Waals surface area contributed by atoms with Gasteiger partial charge in [0.05, 0.1) is 0 Å². The van der Waals surface area contributed by atoms with Gasteiger partial charge < -0.3 is 0 Å². The van der Waals surface area contributed by atoms with Crippen molar-refractivity contribution >= 4 is 0 Å². The van der Waals surface area contributed by atoms with Gasteiger partial charge in [-0.2, -0.15) is 0 Å². The van der Waals surface area contributed by atoms with Crippen molar-refractivity contribution < 1.29 is 22.4 Å². The summed E-state index contributed by atoms with van der Waals surface area (Å²) in [5.41, 5.74) is 4.04. The van der Waals surface area contributed by atoms with Gasteiger partial charge in [0.15, 0.2) is 0 Å². The first kappa shape index (κ1) is 9.57. The molecule has 3 aliphatic carbocycles. The topological polar surface area (TPSA) is 0 Å². The van der Waals surface area contributed by atoms with Gasteiger partial charge in [0, 0.05) is 22.4 Å². The van der Waals surface area contributed by atoms with Crippen LogP contribution >= 0.6 is 0 Å². The molecule has 1 heteroatoms. The van der Waals surface area contributed by atoms with Crippen LogP contribution in [0.4, 0.5) is 0 Å². The predicted molar refractivity (Wildman–Crippen MR) is 43.8 cm³/mol. The molecular formula is C10H16Ta. The Morgan fingerprint density at radius 3 is 2.27 bits per heavy atom. The summed E-state index contributed by atoms with van der Waals surface area (Å²) in [4.78, 5) is 0. The zero-order valence-electron chi connectivity index (χ0n) is 7.65. The Balaban J connectivity index is 0.000000605. The van der Waals surface area contributed by atoms with Gasteiger partial charge in [0.25, 0.3) is 0 Å². The van der Waals surface area contributed by atoms with Crippen molar-refractivity contribution in [2.75, 3.05) is 0 Å². The molecule has 0 heterocycles. The minimum Gasteiger partial charge on any atom is -0.0735 e. The summed E-state index contributed by atoms with van der Waals surface area (Å²) in [6.45, 7) is 7.12. The van der Waals surface area contributed by atoms with E-state index in [0.717, 1.165) is 5.92 Å². The van der Waals surface area contributed by atoms with Crippen molar-refractivity contribution in [3.8, 4) is 0 Å². The van der Waals surface area contributed by atoms with Crippen LogP contribution in [0.5, 0.6) is 0 Å². The van der Waals surface area contributed by atoms with Crippen molar-refractivity contribution in [3.63, 3.8) is 0 Å². The second-order valence-corrected chi connectivity index (χ2v) is 4.42. The number of hydrogen-bond donors (Lipinski definition) is 0. The summed E-state index contributed by atoms with van der Waals surface area (Å²) in [7, 11) is 0. The average molecular weight is 317 g/mol. The molecule has 3 aliphatic rings. The van der Waals surface area contributed by atoms with Gasteiger partial charge >= 0.3 is 0 Å². The first-order chi connectivity index (χ1) is 4.62. The molecule has 11 heavy (non-hydrogen) atoms. The molecule has 0 amide bonds. The van der Waals surface area contributed by atoms with Crippen molar-refractivity contribution in [3.05, 3.63) is 11.1 Å². The first-order valence-electron chi connectivity index (χ1n) is 4.31. The van der Waals surface area contributed by atoms with E-state index in [0.29, 0.717) is 5.41 Å². The molecule has 0 aromatic carbocycles. The molecule has 0 spiro atoms. The molecular weight excluding hydrogens is 301 g/mol. The van der Waals surface area contributed by atoms with Crippen LogP contribution in [-0.2, 0) is 22.4 Å². The van der Waals surface area contributed by atoms with Gasteiger partial charge in [-0.15, -0.1) is 0 Å². The third-order valence-electron chi connectivity index (χ3n) is 3.63. The molecule has 0 N–H and O–H groups in total. The fraction of sp³-hybridized carbons (Fsp3) is 0.800. The summed E-state index contributed by atoms with van der Waals surface area (Å²) in [6, 6.07) is 0. The Morgan fingerprint density at radius 1 is 1.36 bits per heavy atom. The van der Waals surface area contributed by atoms with Crippen molar-refractivity contribution in [1.29, 1.82) is 0 Å². The van der Waals surface area contributed by atoms with Gasteiger partial charge in [-0.25, -0.2) is 0 Å². The van der Waals surface area contributed by atoms with E-state index in [1.807, 2.05) is 0 Å². The monoisotopic (exact) mass is 317 g/mol. The molecule has 0 nitrogen and oxygen atoms in total. The summed E-state index contributed by atoms with van der Waals surface area (Å²) in [5.74, 6) is 1.02. The Hall–Kier alpha value is 0.480. The number of rotatable bonds is 0. The van der Waals surface area contributed by atoms with Gasteiger partial charge in [-0.1, -0.05) is 25.0 Å². The maximum absolute atomic E-state index is 2.40. The largest absolute Gasteiger partial charge is 0.0735 e. The standard InChI is InChI=1S/C10H16.Ta/c1-7-4-5-8-6-9(7)10(8,2)3;/h8H,4-6H2,1-3H3;. The summed E-state index contributed by atoms with van der Waals surface area (Å²) < 4.78 is 0. The van der Waals surface area contributed by atoms with Crippen molar-refractivity contribution in [1.82, 2.24) is 0 Å². The Bertz CT molecular complexity index is 201. The summed E-state index contributed by atoms with van der Waals surface area (Å²) in [6.07, 6.45) is 4.24. The molecule has 0 aliphatic heterocycles. The predicted octanol–water partition coefficient (Wildman–Crippen LogP) is 3.14. The van der Waals surface area contributed by atoms with Gasteiger partial charge in [-0.05, 0) is 37.5 Å². The van der Waals surface area contributed by atoms with E-state index < -0.39 is 0 Å². The van der Waals surface area contributed by atoms with Crippen molar-refractivity contribution in [2.24, 2.45) is 11.3 Å². The molecule has 1 radical (unpaired) electrons. The molecule has 61 valence electrons. The van der Waals surface area contributed by atoms with Gasteiger partial charge in [-0.3, -0.25) is 0 Å². The maximum atomic E-state index is 2.40. The normalized spacial score (nSPS) is 32.5. The Kier molecular flexibility index (Phi) is 2.40. The number of fused-ring (bicyclic) bond motifs is 2. The SMILES string of the molecule is CC1=C2CC(CC1)C2(C)C.[Ta]. The van der Waals surface area contributed by atoms with Crippen LogP contribution in [0.2, 0.25) is 0 Å². The van der Waals surface area contributed by atoms with Crippen molar-refractivity contribution in [2.45, 2.75) is 40.0 Å². The van der Waals surface area contributed by atoms with E-state index in [1.54, 1.807) is 11.1 Å².